The molecule has 0 N–H and O–H groups in total. The Bertz CT molecular complexity index is 752. The van der Waals surface area contributed by atoms with Crippen LogP contribution < -0.4 is 9.80 Å². The number of thiazole rings is 1. The molecule has 0 radical (unpaired) electrons. The molecule has 0 saturated carbocycles. The van der Waals surface area contributed by atoms with Crippen molar-refractivity contribution in [3.05, 3.63) is 41.4 Å². The average Bonchev–Trinajstić information content (AvgIpc) is 3.33. The maximum absolute atomic E-state index is 12.7. The fourth-order valence-corrected chi connectivity index (χ4v) is 4.06. The Hall–Kier alpha value is -2.41. The van der Waals surface area contributed by atoms with Gasteiger partial charge in [-0.1, -0.05) is 0 Å². The number of hydrogen-bond donors (Lipinski definition) is 0. The maximum Gasteiger partial charge on any atom is 0.253 e. The number of nitrogens with zero attached hydrogens (tertiary/aromatic N) is 4. The molecule has 2 fully saturated rings. The van der Waals surface area contributed by atoms with Crippen molar-refractivity contribution >= 4 is 34.0 Å². The Labute approximate surface area is 150 Å². The number of carbonyl (C=O) groups is 2. The molecule has 25 heavy (non-hydrogen) atoms. The molecular weight excluding hydrogens is 336 g/mol. The van der Waals surface area contributed by atoms with E-state index >= 15 is 0 Å². The first-order chi connectivity index (χ1) is 12.2. The van der Waals surface area contributed by atoms with Crippen LogP contribution in [0.15, 0.2) is 35.8 Å². The van der Waals surface area contributed by atoms with Gasteiger partial charge >= 0.3 is 0 Å². The normalized spacial score (nSPS) is 18.1. The van der Waals surface area contributed by atoms with E-state index in [0.717, 1.165) is 36.9 Å². The summed E-state index contributed by atoms with van der Waals surface area (Å²) in [5.74, 6) is 0.218. The summed E-state index contributed by atoms with van der Waals surface area (Å²) in [4.78, 5) is 34.7. The number of piperazine rings is 1. The zero-order chi connectivity index (χ0) is 17.2. The van der Waals surface area contributed by atoms with Crippen LogP contribution in [-0.4, -0.2) is 54.4 Å². The number of hydrogen-bond acceptors (Lipinski definition) is 5. The van der Waals surface area contributed by atoms with Crippen molar-refractivity contribution < 1.29 is 9.59 Å². The summed E-state index contributed by atoms with van der Waals surface area (Å²) in [7, 11) is 0. The molecule has 7 heteroatoms. The van der Waals surface area contributed by atoms with E-state index in [9.17, 15) is 9.59 Å². The first-order valence-electron chi connectivity index (χ1n) is 8.56. The highest BCUT2D eigenvalue weighted by molar-refractivity contribution is 7.13. The molecule has 0 bridgehead atoms. The molecule has 2 aliphatic rings. The maximum atomic E-state index is 12.7. The van der Waals surface area contributed by atoms with Gasteiger partial charge in [-0.2, -0.15) is 0 Å². The lowest BCUT2D eigenvalue weighted by molar-refractivity contribution is -0.117. The van der Waals surface area contributed by atoms with Crippen molar-refractivity contribution in [1.82, 2.24) is 9.88 Å². The van der Waals surface area contributed by atoms with Crippen molar-refractivity contribution in [3.63, 3.8) is 0 Å². The van der Waals surface area contributed by atoms with Gasteiger partial charge in [-0.15, -0.1) is 11.3 Å². The third kappa shape index (κ3) is 3.24. The third-order valence-electron chi connectivity index (χ3n) is 4.76. The quantitative estimate of drug-likeness (QED) is 0.846. The average molecular weight is 356 g/mol. The topological polar surface area (TPSA) is 56.8 Å². The molecule has 2 aliphatic heterocycles. The number of aromatic nitrogens is 1. The van der Waals surface area contributed by atoms with Crippen LogP contribution in [0.2, 0.25) is 0 Å². The standard InChI is InChI=1S/C18H20N4O2S/c23-16-2-1-8-22(16)15-5-3-14(4-6-15)17(24)20-9-11-21(12-10-20)18-19-7-13-25-18/h3-7,13H,1-2,8-12H2. The van der Waals surface area contributed by atoms with Crippen LogP contribution in [0.4, 0.5) is 10.8 Å². The number of benzene rings is 1. The summed E-state index contributed by atoms with van der Waals surface area (Å²) in [6, 6.07) is 7.41. The SMILES string of the molecule is O=C(c1ccc(N2CCCC2=O)cc1)N1CCN(c2nccs2)CC1. The van der Waals surface area contributed by atoms with Crippen molar-refractivity contribution in [2.75, 3.05) is 42.5 Å². The van der Waals surface area contributed by atoms with E-state index in [1.165, 1.54) is 0 Å². The largest absolute Gasteiger partial charge is 0.345 e. The van der Waals surface area contributed by atoms with Gasteiger partial charge in [0, 0.05) is 62.0 Å². The van der Waals surface area contributed by atoms with E-state index in [-0.39, 0.29) is 11.8 Å². The van der Waals surface area contributed by atoms with E-state index < -0.39 is 0 Å². The molecule has 4 rings (SSSR count). The molecule has 0 aliphatic carbocycles. The Kier molecular flexibility index (Phi) is 4.40. The van der Waals surface area contributed by atoms with Crippen LogP contribution in [0, 0.1) is 0 Å². The molecule has 2 aromatic rings. The zero-order valence-electron chi connectivity index (χ0n) is 13.9. The number of carbonyl (C=O) groups excluding carboxylic acids is 2. The van der Waals surface area contributed by atoms with Gasteiger partial charge in [-0.3, -0.25) is 9.59 Å². The van der Waals surface area contributed by atoms with Gasteiger partial charge in [0.25, 0.3) is 5.91 Å². The van der Waals surface area contributed by atoms with Crippen LogP contribution in [-0.2, 0) is 4.79 Å². The van der Waals surface area contributed by atoms with Gasteiger partial charge in [0.15, 0.2) is 5.13 Å². The molecule has 2 amide bonds. The highest BCUT2D eigenvalue weighted by Gasteiger charge is 2.24. The molecule has 0 atom stereocenters. The minimum Gasteiger partial charge on any atom is -0.345 e. The molecule has 0 unspecified atom stereocenters. The summed E-state index contributed by atoms with van der Waals surface area (Å²) >= 11 is 1.63. The van der Waals surface area contributed by atoms with Crippen molar-refractivity contribution in [2.24, 2.45) is 0 Å². The predicted octanol–water partition coefficient (Wildman–Crippen LogP) is 2.23. The number of anilines is 2. The van der Waals surface area contributed by atoms with Crippen molar-refractivity contribution in [3.8, 4) is 0 Å². The summed E-state index contributed by atoms with van der Waals surface area (Å²) in [5, 5.41) is 2.99. The first-order valence-corrected chi connectivity index (χ1v) is 9.44. The highest BCUT2D eigenvalue weighted by atomic mass is 32.1. The lowest BCUT2D eigenvalue weighted by Crippen LogP contribution is -2.48. The Morgan fingerprint density at radius 3 is 2.40 bits per heavy atom. The summed E-state index contributed by atoms with van der Waals surface area (Å²) in [6.45, 7) is 3.78. The fraction of sp³-hybridized carbons (Fsp3) is 0.389. The van der Waals surface area contributed by atoms with E-state index in [0.29, 0.717) is 25.1 Å². The fourth-order valence-electron chi connectivity index (χ4n) is 3.36. The smallest absolute Gasteiger partial charge is 0.253 e. The minimum atomic E-state index is 0.0538. The van der Waals surface area contributed by atoms with Crippen LogP contribution in [0.1, 0.15) is 23.2 Å². The van der Waals surface area contributed by atoms with Gasteiger partial charge < -0.3 is 14.7 Å². The Balaban J connectivity index is 1.39. The second kappa shape index (κ2) is 6.84. The molecule has 1 aromatic carbocycles. The van der Waals surface area contributed by atoms with Gasteiger partial charge in [0.05, 0.1) is 0 Å². The third-order valence-corrected chi connectivity index (χ3v) is 5.59. The molecule has 2 saturated heterocycles. The molecule has 0 spiro atoms. The highest BCUT2D eigenvalue weighted by Crippen LogP contribution is 2.23. The number of rotatable bonds is 3. The van der Waals surface area contributed by atoms with Gasteiger partial charge in [0.1, 0.15) is 0 Å². The molecular formula is C18H20N4O2S. The van der Waals surface area contributed by atoms with Crippen LogP contribution in [0.3, 0.4) is 0 Å². The molecule has 6 nitrogen and oxygen atoms in total. The van der Waals surface area contributed by atoms with Crippen LogP contribution in [0.25, 0.3) is 0 Å². The molecule has 1 aromatic heterocycles. The van der Waals surface area contributed by atoms with Crippen molar-refractivity contribution in [2.45, 2.75) is 12.8 Å². The molecule has 3 heterocycles. The number of amides is 2. The van der Waals surface area contributed by atoms with Crippen LogP contribution >= 0.6 is 11.3 Å². The Morgan fingerprint density at radius 2 is 1.80 bits per heavy atom. The lowest BCUT2D eigenvalue weighted by atomic mass is 10.1. The lowest BCUT2D eigenvalue weighted by Gasteiger charge is -2.34. The molecule has 130 valence electrons. The second-order valence-electron chi connectivity index (χ2n) is 6.29. The van der Waals surface area contributed by atoms with Crippen LogP contribution in [0.5, 0.6) is 0 Å². The minimum absolute atomic E-state index is 0.0538. The van der Waals surface area contributed by atoms with Gasteiger partial charge in [-0.05, 0) is 30.7 Å². The predicted molar refractivity (Wildman–Crippen MR) is 98.3 cm³/mol. The first kappa shape index (κ1) is 16.1. The van der Waals surface area contributed by atoms with Gasteiger partial charge in [0.2, 0.25) is 5.91 Å². The van der Waals surface area contributed by atoms with E-state index in [4.69, 9.17) is 0 Å². The summed E-state index contributed by atoms with van der Waals surface area (Å²) < 4.78 is 0. The van der Waals surface area contributed by atoms with E-state index in [1.807, 2.05) is 40.7 Å². The second-order valence-corrected chi connectivity index (χ2v) is 7.16. The van der Waals surface area contributed by atoms with E-state index in [1.54, 1.807) is 16.2 Å². The summed E-state index contributed by atoms with van der Waals surface area (Å²) in [5.41, 5.74) is 1.56. The summed E-state index contributed by atoms with van der Waals surface area (Å²) in [6.07, 6.45) is 3.33. The Morgan fingerprint density at radius 1 is 1.04 bits per heavy atom. The van der Waals surface area contributed by atoms with Crippen molar-refractivity contribution in [1.29, 1.82) is 0 Å². The van der Waals surface area contributed by atoms with Gasteiger partial charge in [-0.25, -0.2) is 4.98 Å². The zero-order valence-corrected chi connectivity index (χ0v) is 14.7. The monoisotopic (exact) mass is 356 g/mol. The van der Waals surface area contributed by atoms with E-state index in [2.05, 4.69) is 9.88 Å².